The van der Waals surface area contributed by atoms with Gasteiger partial charge in [-0.3, -0.25) is 4.79 Å². The molecule has 20 heavy (non-hydrogen) atoms. The van der Waals surface area contributed by atoms with E-state index in [1.54, 1.807) is 6.07 Å². The molecule has 1 N–H and O–H groups in total. The van der Waals surface area contributed by atoms with Crippen LogP contribution in [0.3, 0.4) is 0 Å². The van der Waals surface area contributed by atoms with Gasteiger partial charge in [0.05, 0.1) is 12.5 Å². The van der Waals surface area contributed by atoms with Crippen molar-refractivity contribution in [3.63, 3.8) is 0 Å². The molecule has 2 rings (SSSR count). The molecule has 1 fully saturated rings. The molecule has 0 aromatic heterocycles. The van der Waals surface area contributed by atoms with Crippen molar-refractivity contribution in [3.8, 4) is 0 Å². The summed E-state index contributed by atoms with van der Waals surface area (Å²) in [6, 6.07) is 7.34. The number of carbonyl (C=O) groups excluding carboxylic acids is 2. The van der Waals surface area contributed by atoms with E-state index < -0.39 is 11.5 Å². The Kier molecular flexibility index (Phi) is 4.65. The smallest absolute Gasteiger partial charge is 0.406 e. The summed E-state index contributed by atoms with van der Waals surface area (Å²) in [6.07, 6.45) is 2.52. The molecule has 1 aliphatic carbocycles. The fourth-order valence-corrected chi connectivity index (χ4v) is 3.12. The summed E-state index contributed by atoms with van der Waals surface area (Å²) >= 11 is 6.27. The summed E-state index contributed by atoms with van der Waals surface area (Å²) in [5.74, 6) is 0.133. The van der Waals surface area contributed by atoms with Gasteiger partial charge in [-0.2, -0.15) is 0 Å². The number of carbonyl (C=O) groups is 2. The van der Waals surface area contributed by atoms with Gasteiger partial charge >= 0.3 is 6.09 Å². The van der Waals surface area contributed by atoms with Crippen molar-refractivity contribution in [1.29, 1.82) is 0 Å². The molecule has 0 unspecified atom stereocenters. The number of benzene rings is 1. The number of Topliss-reactive ketones (excluding diaryl/α,β-unsaturated/α-hetero) is 1. The number of nitrogens with one attached hydrogen (secondary N) is 1. The number of rotatable bonds is 3. The zero-order valence-corrected chi connectivity index (χ0v) is 12.2. The molecule has 1 aliphatic rings. The van der Waals surface area contributed by atoms with Crippen molar-refractivity contribution in [2.45, 2.75) is 31.1 Å². The highest BCUT2D eigenvalue weighted by molar-refractivity contribution is 6.31. The van der Waals surface area contributed by atoms with E-state index in [0.29, 0.717) is 17.9 Å². The number of hydrogen-bond acceptors (Lipinski definition) is 3. The fourth-order valence-electron chi connectivity index (χ4n) is 2.80. The maximum Gasteiger partial charge on any atom is 0.406 e. The Balaban J connectivity index is 2.36. The van der Waals surface area contributed by atoms with Crippen LogP contribution in [0.2, 0.25) is 5.02 Å². The standard InChI is InChI=1S/C15H18ClNO3/c1-20-14(19)17-10-15(9-5-4-8-13(15)18)11-6-2-3-7-12(11)16/h2-3,6-7H,4-5,8-10H2,1H3,(H,17,19)/t15-/m0/s1. The lowest BCUT2D eigenvalue weighted by molar-refractivity contribution is -0.126. The molecule has 1 aromatic rings. The molecular formula is C15H18ClNO3. The average Bonchev–Trinajstić information content (AvgIpc) is 2.47. The van der Waals surface area contributed by atoms with E-state index in [0.717, 1.165) is 18.4 Å². The van der Waals surface area contributed by atoms with Crippen LogP contribution in [0, 0.1) is 0 Å². The maximum atomic E-state index is 12.5. The number of alkyl carbamates (subject to hydrolysis) is 1. The molecule has 1 atom stereocenters. The normalized spacial score (nSPS) is 22.4. The minimum Gasteiger partial charge on any atom is -0.453 e. The molecular weight excluding hydrogens is 278 g/mol. The van der Waals surface area contributed by atoms with E-state index in [-0.39, 0.29) is 12.3 Å². The molecule has 0 radical (unpaired) electrons. The third kappa shape index (κ3) is 2.80. The largest absolute Gasteiger partial charge is 0.453 e. The van der Waals surface area contributed by atoms with Crippen molar-refractivity contribution in [3.05, 3.63) is 34.9 Å². The number of ketones is 1. The van der Waals surface area contributed by atoms with Gasteiger partial charge in [0.15, 0.2) is 0 Å². The Morgan fingerprint density at radius 2 is 2.15 bits per heavy atom. The number of amides is 1. The third-order valence-electron chi connectivity index (χ3n) is 3.90. The van der Waals surface area contributed by atoms with Gasteiger partial charge in [-0.05, 0) is 24.5 Å². The SMILES string of the molecule is COC(=O)NC[C@]1(c2ccccc2Cl)CCCCC1=O. The predicted octanol–water partition coefficient (Wildman–Crippen LogP) is 3.08. The lowest BCUT2D eigenvalue weighted by Crippen LogP contribution is -2.48. The maximum absolute atomic E-state index is 12.5. The highest BCUT2D eigenvalue weighted by atomic mass is 35.5. The van der Waals surface area contributed by atoms with Crippen molar-refractivity contribution in [2.24, 2.45) is 0 Å². The van der Waals surface area contributed by atoms with Crippen LogP contribution in [0.25, 0.3) is 0 Å². The molecule has 1 amide bonds. The molecule has 1 aromatic carbocycles. The quantitative estimate of drug-likeness (QED) is 0.932. The lowest BCUT2D eigenvalue weighted by atomic mass is 9.68. The van der Waals surface area contributed by atoms with Gasteiger partial charge in [-0.1, -0.05) is 36.2 Å². The van der Waals surface area contributed by atoms with Gasteiger partial charge in [-0.15, -0.1) is 0 Å². The summed E-state index contributed by atoms with van der Waals surface area (Å²) in [6.45, 7) is 0.224. The second-order valence-electron chi connectivity index (χ2n) is 5.04. The molecule has 0 aliphatic heterocycles. The van der Waals surface area contributed by atoms with Crippen LogP contribution >= 0.6 is 11.6 Å². The van der Waals surface area contributed by atoms with Gasteiger partial charge in [0.2, 0.25) is 0 Å². The molecule has 0 heterocycles. The van der Waals surface area contributed by atoms with Crippen LogP contribution < -0.4 is 5.32 Å². The topological polar surface area (TPSA) is 55.4 Å². The van der Waals surface area contributed by atoms with E-state index >= 15 is 0 Å². The summed E-state index contributed by atoms with van der Waals surface area (Å²) in [7, 11) is 1.31. The Morgan fingerprint density at radius 3 is 2.80 bits per heavy atom. The highest BCUT2D eigenvalue weighted by Gasteiger charge is 2.42. The second-order valence-corrected chi connectivity index (χ2v) is 5.44. The lowest BCUT2D eigenvalue weighted by Gasteiger charge is -2.36. The molecule has 108 valence electrons. The van der Waals surface area contributed by atoms with Gasteiger partial charge < -0.3 is 10.1 Å². The van der Waals surface area contributed by atoms with Crippen molar-refractivity contribution < 1.29 is 14.3 Å². The van der Waals surface area contributed by atoms with Crippen molar-refractivity contribution in [2.75, 3.05) is 13.7 Å². The minimum atomic E-state index is -0.731. The summed E-state index contributed by atoms with van der Waals surface area (Å²) < 4.78 is 4.59. The van der Waals surface area contributed by atoms with Gasteiger partial charge in [-0.25, -0.2) is 4.79 Å². The summed E-state index contributed by atoms with van der Waals surface area (Å²) in [5, 5.41) is 3.22. The second kappa shape index (κ2) is 6.27. The van der Waals surface area contributed by atoms with Crippen LogP contribution in [-0.4, -0.2) is 25.5 Å². The van der Waals surface area contributed by atoms with Crippen LogP contribution in [0.1, 0.15) is 31.2 Å². The zero-order chi connectivity index (χ0) is 14.6. The van der Waals surface area contributed by atoms with Crippen molar-refractivity contribution >= 4 is 23.5 Å². The Bertz CT molecular complexity index is 518. The third-order valence-corrected chi connectivity index (χ3v) is 4.23. The first kappa shape index (κ1) is 14.9. The Morgan fingerprint density at radius 1 is 1.40 bits per heavy atom. The fraction of sp³-hybridized carbons (Fsp3) is 0.467. The van der Waals surface area contributed by atoms with E-state index in [4.69, 9.17) is 11.6 Å². The molecule has 4 nitrogen and oxygen atoms in total. The minimum absolute atomic E-state index is 0.133. The van der Waals surface area contributed by atoms with Crippen molar-refractivity contribution in [1.82, 2.24) is 5.32 Å². The first-order valence-corrected chi connectivity index (χ1v) is 7.08. The average molecular weight is 296 g/mol. The summed E-state index contributed by atoms with van der Waals surface area (Å²) in [4.78, 5) is 23.9. The number of halogens is 1. The first-order valence-electron chi connectivity index (χ1n) is 6.70. The van der Waals surface area contributed by atoms with Crippen LogP contribution in [0.4, 0.5) is 4.79 Å². The molecule has 0 saturated heterocycles. The molecule has 0 bridgehead atoms. The van der Waals surface area contributed by atoms with Crippen LogP contribution in [-0.2, 0) is 14.9 Å². The van der Waals surface area contributed by atoms with Crippen LogP contribution in [0.5, 0.6) is 0 Å². The highest BCUT2D eigenvalue weighted by Crippen LogP contribution is 2.39. The van der Waals surface area contributed by atoms with Crippen LogP contribution in [0.15, 0.2) is 24.3 Å². The van der Waals surface area contributed by atoms with Gasteiger partial charge in [0.25, 0.3) is 0 Å². The Labute approximate surface area is 123 Å². The predicted molar refractivity (Wildman–Crippen MR) is 77.0 cm³/mol. The van der Waals surface area contributed by atoms with E-state index in [1.807, 2.05) is 18.2 Å². The number of ether oxygens (including phenoxy) is 1. The van der Waals surface area contributed by atoms with E-state index in [2.05, 4.69) is 10.1 Å². The zero-order valence-electron chi connectivity index (χ0n) is 11.4. The monoisotopic (exact) mass is 295 g/mol. The van der Waals surface area contributed by atoms with Gasteiger partial charge in [0, 0.05) is 18.0 Å². The number of hydrogen-bond donors (Lipinski definition) is 1. The molecule has 5 heteroatoms. The van der Waals surface area contributed by atoms with E-state index in [1.165, 1.54) is 7.11 Å². The number of methoxy groups -OCH3 is 1. The van der Waals surface area contributed by atoms with Gasteiger partial charge in [0.1, 0.15) is 5.78 Å². The molecule has 0 spiro atoms. The van der Waals surface area contributed by atoms with E-state index in [9.17, 15) is 9.59 Å². The Hall–Kier alpha value is -1.55. The molecule has 1 saturated carbocycles. The summed E-state index contributed by atoms with van der Waals surface area (Å²) in [5.41, 5.74) is 0.0629. The first-order chi connectivity index (χ1) is 9.60.